The summed E-state index contributed by atoms with van der Waals surface area (Å²) in [6.07, 6.45) is 0.394. The fraction of sp³-hybridized carbons (Fsp3) is 0.143. The lowest BCUT2D eigenvalue weighted by atomic mass is 10.2. The van der Waals surface area contributed by atoms with E-state index in [1.165, 1.54) is 0 Å². The molecule has 4 nitrogen and oxygen atoms in total. The third-order valence-corrected chi connectivity index (χ3v) is 3.57. The van der Waals surface area contributed by atoms with E-state index < -0.39 is 0 Å². The highest BCUT2D eigenvalue weighted by molar-refractivity contribution is 7.10. The molecule has 0 spiro atoms. The maximum Gasteiger partial charge on any atom is 0.229 e. The minimum absolute atomic E-state index is 0.0296. The summed E-state index contributed by atoms with van der Waals surface area (Å²) in [7, 11) is 0. The minimum atomic E-state index is -0.0296. The molecule has 0 aliphatic carbocycles. The molecule has 3 rings (SSSR count). The van der Waals surface area contributed by atoms with Gasteiger partial charge in [-0.05, 0) is 23.6 Å². The maximum absolute atomic E-state index is 11.9. The summed E-state index contributed by atoms with van der Waals surface area (Å²) in [5, 5.41) is 4.83. The summed E-state index contributed by atoms with van der Waals surface area (Å²) in [4.78, 5) is 17.1. The SMILES string of the molecule is Cc1nc2ccc(NC(=O)Cc3cccs3)cc2o1. The molecule has 5 heteroatoms. The van der Waals surface area contributed by atoms with E-state index in [4.69, 9.17) is 4.42 Å². The highest BCUT2D eigenvalue weighted by Gasteiger charge is 2.07. The highest BCUT2D eigenvalue weighted by atomic mass is 32.1. The molecule has 1 N–H and O–H groups in total. The van der Waals surface area contributed by atoms with Gasteiger partial charge in [-0.15, -0.1) is 11.3 Å². The number of rotatable bonds is 3. The summed E-state index contributed by atoms with van der Waals surface area (Å²) in [5.74, 6) is 0.593. The molecule has 0 saturated heterocycles. The molecule has 0 bridgehead atoms. The zero-order chi connectivity index (χ0) is 13.2. The molecule has 0 fully saturated rings. The minimum Gasteiger partial charge on any atom is -0.441 e. The van der Waals surface area contributed by atoms with Crippen molar-refractivity contribution in [3.63, 3.8) is 0 Å². The van der Waals surface area contributed by atoms with E-state index in [2.05, 4.69) is 10.3 Å². The van der Waals surface area contributed by atoms with Crippen molar-refractivity contribution in [2.24, 2.45) is 0 Å². The second kappa shape index (κ2) is 4.85. The first kappa shape index (κ1) is 11.9. The average molecular weight is 272 g/mol. The van der Waals surface area contributed by atoms with Gasteiger partial charge in [-0.1, -0.05) is 6.07 Å². The Hall–Kier alpha value is -2.14. The Kier molecular flexibility index (Phi) is 3.05. The Morgan fingerprint density at radius 3 is 3.11 bits per heavy atom. The molecule has 0 atom stereocenters. The van der Waals surface area contributed by atoms with Crippen LogP contribution in [-0.2, 0) is 11.2 Å². The number of aromatic nitrogens is 1. The lowest BCUT2D eigenvalue weighted by molar-refractivity contribution is -0.115. The van der Waals surface area contributed by atoms with Crippen molar-refractivity contribution in [1.82, 2.24) is 4.98 Å². The molecule has 1 aromatic carbocycles. The predicted molar refractivity (Wildman–Crippen MR) is 75.4 cm³/mol. The van der Waals surface area contributed by atoms with Gasteiger partial charge in [0.25, 0.3) is 0 Å². The van der Waals surface area contributed by atoms with Crippen molar-refractivity contribution >= 4 is 34.0 Å². The number of oxazole rings is 1. The van der Waals surface area contributed by atoms with Crippen LogP contribution >= 0.6 is 11.3 Å². The molecule has 0 unspecified atom stereocenters. The van der Waals surface area contributed by atoms with Crippen LogP contribution in [0.1, 0.15) is 10.8 Å². The first-order chi connectivity index (χ1) is 9.20. The van der Waals surface area contributed by atoms with Crippen LogP contribution in [0, 0.1) is 6.92 Å². The molecule has 19 heavy (non-hydrogen) atoms. The smallest absolute Gasteiger partial charge is 0.229 e. The number of aryl methyl sites for hydroxylation is 1. The number of anilines is 1. The normalized spacial score (nSPS) is 10.8. The average Bonchev–Trinajstić information content (AvgIpc) is 2.96. The molecular formula is C14H12N2O2S. The monoisotopic (exact) mass is 272 g/mol. The predicted octanol–water partition coefficient (Wildman–Crippen LogP) is 3.38. The maximum atomic E-state index is 11.9. The Morgan fingerprint density at radius 2 is 2.32 bits per heavy atom. The molecular weight excluding hydrogens is 260 g/mol. The Bertz CT molecular complexity index is 716. The molecule has 96 valence electrons. The number of thiophene rings is 1. The fourth-order valence-electron chi connectivity index (χ4n) is 1.89. The number of hydrogen-bond acceptors (Lipinski definition) is 4. The van der Waals surface area contributed by atoms with Gasteiger partial charge in [-0.3, -0.25) is 4.79 Å². The van der Waals surface area contributed by atoms with Crippen molar-refractivity contribution < 1.29 is 9.21 Å². The van der Waals surface area contributed by atoms with Crippen molar-refractivity contribution in [1.29, 1.82) is 0 Å². The van der Waals surface area contributed by atoms with Crippen LogP contribution in [0.2, 0.25) is 0 Å². The van der Waals surface area contributed by atoms with E-state index in [9.17, 15) is 4.79 Å². The lowest BCUT2D eigenvalue weighted by Crippen LogP contribution is -2.13. The lowest BCUT2D eigenvalue weighted by Gasteiger charge is -2.03. The largest absolute Gasteiger partial charge is 0.441 e. The summed E-state index contributed by atoms with van der Waals surface area (Å²) in [6.45, 7) is 1.80. The second-order valence-electron chi connectivity index (χ2n) is 4.22. The van der Waals surface area contributed by atoms with E-state index >= 15 is 0 Å². The number of fused-ring (bicyclic) bond motifs is 1. The fourth-order valence-corrected chi connectivity index (χ4v) is 2.60. The summed E-state index contributed by atoms with van der Waals surface area (Å²) >= 11 is 1.58. The Balaban J connectivity index is 1.75. The third kappa shape index (κ3) is 2.66. The number of nitrogens with zero attached hydrogens (tertiary/aromatic N) is 1. The van der Waals surface area contributed by atoms with Gasteiger partial charge >= 0.3 is 0 Å². The van der Waals surface area contributed by atoms with Crippen molar-refractivity contribution in [2.75, 3.05) is 5.32 Å². The van der Waals surface area contributed by atoms with Gasteiger partial charge in [0.15, 0.2) is 11.5 Å². The topological polar surface area (TPSA) is 55.1 Å². The molecule has 2 heterocycles. The van der Waals surface area contributed by atoms with Gasteiger partial charge < -0.3 is 9.73 Å². The molecule has 0 saturated carbocycles. The Morgan fingerprint density at radius 1 is 1.42 bits per heavy atom. The van der Waals surface area contributed by atoms with E-state index in [1.807, 2.05) is 29.6 Å². The van der Waals surface area contributed by atoms with Crippen LogP contribution in [0.5, 0.6) is 0 Å². The first-order valence-corrected chi connectivity index (χ1v) is 6.78. The van der Waals surface area contributed by atoms with Gasteiger partial charge in [0.05, 0.1) is 6.42 Å². The standard InChI is InChI=1S/C14H12N2O2S/c1-9-15-12-5-4-10(7-13(12)18-9)16-14(17)8-11-3-2-6-19-11/h2-7H,8H2,1H3,(H,16,17). The molecule has 0 aliphatic rings. The van der Waals surface area contributed by atoms with E-state index in [0.29, 0.717) is 17.9 Å². The van der Waals surface area contributed by atoms with E-state index in [0.717, 1.165) is 16.1 Å². The number of carbonyl (C=O) groups is 1. The zero-order valence-electron chi connectivity index (χ0n) is 10.3. The zero-order valence-corrected chi connectivity index (χ0v) is 11.2. The third-order valence-electron chi connectivity index (χ3n) is 2.69. The van der Waals surface area contributed by atoms with Crippen molar-refractivity contribution in [2.45, 2.75) is 13.3 Å². The molecule has 1 amide bonds. The van der Waals surface area contributed by atoms with E-state index in [-0.39, 0.29) is 5.91 Å². The number of amides is 1. The van der Waals surface area contributed by atoms with E-state index in [1.54, 1.807) is 24.3 Å². The molecule has 2 aromatic heterocycles. The van der Waals surface area contributed by atoms with Gasteiger partial charge in [0.2, 0.25) is 5.91 Å². The number of nitrogens with one attached hydrogen (secondary N) is 1. The van der Waals surface area contributed by atoms with Crippen LogP contribution in [0.25, 0.3) is 11.1 Å². The number of hydrogen-bond donors (Lipinski definition) is 1. The molecule has 3 aromatic rings. The molecule has 0 radical (unpaired) electrons. The van der Waals surface area contributed by atoms with Crippen LogP contribution in [-0.4, -0.2) is 10.9 Å². The quantitative estimate of drug-likeness (QED) is 0.795. The summed E-state index contributed by atoms with van der Waals surface area (Å²) in [6, 6.07) is 9.36. The summed E-state index contributed by atoms with van der Waals surface area (Å²) < 4.78 is 5.44. The van der Waals surface area contributed by atoms with Crippen LogP contribution < -0.4 is 5.32 Å². The first-order valence-electron chi connectivity index (χ1n) is 5.90. The van der Waals surface area contributed by atoms with Gasteiger partial charge in [0.1, 0.15) is 5.52 Å². The van der Waals surface area contributed by atoms with Gasteiger partial charge in [0, 0.05) is 23.6 Å². The van der Waals surface area contributed by atoms with Crippen LogP contribution in [0.3, 0.4) is 0 Å². The number of carbonyl (C=O) groups excluding carboxylic acids is 1. The van der Waals surface area contributed by atoms with Crippen LogP contribution in [0.4, 0.5) is 5.69 Å². The molecule has 0 aliphatic heterocycles. The van der Waals surface area contributed by atoms with Crippen molar-refractivity contribution in [3.8, 4) is 0 Å². The van der Waals surface area contributed by atoms with Gasteiger partial charge in [-0.2, -0.15) is 0 Å². The van der Waals surface area contributed by atoms with Gasteiger partial charge in [-0.25, -0.2) is 4.98 Å². The number of benzene rings is 1. The summed E-state index contributed by atoms with van der Waals surface area (Å²) in [5.41, 5.74) is 2.21. The Labute approximate surface area is 114 Å². The second-order valence-corrected chi connectivity index (χ2v) is 5.25. The van der Waals surface area contributed by atoms with Crippen molar-refractivity contribution in [3.05, 3.63) is 46.5 Å². The van der Waals surface area contributed by atoms with Crippen LogP contribution in [0.15, 0.2) is 40.1 Å². The highest BCUT2D eigenvalue weighted by Crippen LogP contribution is 2.20.